The number of para-hydroxylation sites is 1. The Bertz CT molecular complexity index is 439. The van der Waals surface area contributed by atoms with Gasteiger partial charge in [-0.1, -0.05) is 25.1 Å². The third-order valence-corrected chi connectivity index (χ3v) is 2.91. The fraction of sp³-hybridized carbons (Fsp3) is 0.375. The van der Waals surface area contributed by atoms with E-state index in [0.717, 1.165) is 30.9 Å². The van der Waals surface area contributed by atoms with Gasteiger partial charge in [-0.15, -0.1) is 0 Å². The van der Waals surface area contributed by atoms with E-state index >= 15 is 0 Å². The predicted molar refractivity (Wildman–Crippen MR) is 76.4 cm³/mol. The molecule has 0 amide bonds. The van der Waals surface area contributed by atoms with Gasteiger partial charge in [0, 0.05) is 12.5 Å². The first-order valence-corrected chi connectivity index (χ1v) is 6.82. The first kappa shape index (κ1) is 13.7. The van der Waals surface area contributed by atoms with Crippen molar-refractivity contribution in [3.8, 4) is 5.75 Å². The normalized spacial score (nSPS) is 12.3. The number of ether oxygens (including phenoxy) is 1. The molecule has 1 aromatic carbocycles. The second-order valence-electron chi connectivity index (χ2n) is 4.56. The Morgan fingerprint density at radius 3 is 2.68 bits per heavy atom. The molecule has 3 nitrogen and oxygen atoms in total. The summed E-state index contributed by atoms with van der Waals surface area (Å²) in [5, 5.41) is 3.49. The van der Waals surface area contributed by atoms with Gasteiger partial charge in [-0.3, -0.25) is 0 Å². The molecule has 19 heavy (non-hydrogen) atoms. The molecule has 0 spiro atoms. The van der Waals surface area contributed by atoms with Crippen LogP contribution in [0.1, 0.15) is 19.1 Å². The SMILES string of the molecule is CCCNC(COc1ccccc1)Cc1ccco1. The van der Waals surface area contributed by atoms with Crippen molar-refractivity contribution in [1.82, 2.24) is 5.32 Å². The molecule has 2 rings (SSSR count). The van der Waals surface area contributed by atoms with Crippen molar-refractivity contribution in [3.05, 3.63) is 54.5 Å². The van der Waals surface area contributed by atoms with E-state index in [9.17, 15) is 0 Å². The molecule has 0 saturated heterocycles. The van der Waals surface area contributed by atoms with Gasteiger partial charge >= 0.3 is 0 Å². The highest BCUT2D eigenvalue weighted by Gasteiger charge is 2.11. The quantitative estimate of drug-likeness (QED) is 0.790. The summed E-state index contributed by atoms with van der Waals surface area (Å²) in [7, 11) is 0. The van der Waals surface area contributed by atoms with Gasteiger partial charge < -0.3 is 14.5 Å². The maximum atomic E-state index is 5.81. The van der Waals surface area contributed by atoms with Crippen LogP contribution in [0.25, 0.3) is 0 Å². The van der Waals surface area contributed by atoms with Crippen LogP contribution in [0, 0.1) is 0 Å². The molecular formula is C16H21NO2. The van der Waals surface area contributed by atoms with Gasteiger partial charge in [-0.25, -0.2) is 0 Å². The van der Waals surface area contributed by atoms with Crippen LogP contribution in [0.15, 0.2) is 53.1 Å². The Morgan fingerprint density at radius 2 is 2.00 bits per heavy atom. The molecule has 0 aliphatic carbocycles. The van der Waals surface area contributed by atoms with Crippen molar-refractivity contribution in [2.75, 3.05) is 13.2 Å². The highest BCUT2D eigenvalue weighted by molar-refractivity contribution is 5.21. The number of nitrogens with one attached hydrogen (secondary N) is 1. The third-order valence-electron chi connectivity index (χ3n) is 2.91. The summed E-state index contributed by atoms with van der Waals surface area (Å²) in [6, 6.07) is 14.1. The molecule has 0 radical (unpaired) electrons. The Kier molecular flexibility index (Phi) is 5.50. The van der Waals surface area contributed by atoms with Crippen molar-refractivity contribution < 1.29 is 9.15 Å². The van der Waals surface area contributed by atoms with Gasteiger partial charge in [-0.2, -0.15) is 0 Å². The van der Waals surface area contributed by atoms with Crippen LogP contribution in [-0.4, -0.2) is 19.2 Å². The number of hydrogen-bond donors (Lipinski definition) is 1. The maximum absolute atomic E-state index is 5.81. The van der Waals surface area contributed by atoms with Crippen molar-refractivity contribution in [3.63, 3.8) is 0 Å². The van der Waals surface area contributed by atoms with Gasteiger partial charge in [0.1, 0.15) is 18.1 Å². The molecule has 0 fully saturated rings. The van der Waals surface area contributed by atoms with Crippen LogP contribution in [0.5, 0.6) is 5.75 Å². The first-order valence-electron chi connectivity index (χ1n) is 6.82. The number of rotatable bonds is 8. The number of furan rings is 1. The maximum Gasteiger partial charge on any atom is 0.119 e. The Morgan fingerprint density at radius 1 is 1.16 bits per heavy atom. The van der Waals surface area contributed by atoms with E-state index in [0.29, 0.717) is 6.61 Å². The minimum absolute atomic E-state index is 0.270. The van der Waals surface area contributed by atoms with Crippen LogP contribution in [0.2, 0.25) is 0 Å². The average molecular weight is 259 g/mol. The second kappa shape index (κ2) is 7.64. The summed E-state index contributed by atoms with van der Waals surface area (Å²) < 4.78 is 11.2. The van der Waals surface area contributed by atoms with Gasteiger partial charge in [0.05, 0.1) is 6.26 Å². The number of hydrogen-bond acceptors (Lipinski definition) is 3. The fourth-order valence-electron chi connectivity index (χ4n) is 1.92. The lowest BCUT2D eigenvalue weighted by Crippen LogP contribution is -2.37. The summed E-state index contributed by atoms with van der Waals surface area (Å²) >= 11 is 0. The molecule has 1 heterocycles. The number of benzene rings is 1. The van der Waals surface area contributed by atoms with Crippen LogP contribution < -0.4 is 10.1 Å². The smallest absolute Gasteiger partial charge is 0.119 e. The molecular weight excluding hydrogens is 238 g/mol. The molecule has 1 atom stereocenters. The van der Waals surface area contributed by atoms with Crippen LogP contribution in [0.3, 0.4) is 0 Å². The summed E-state index contributed by atoms with van der Waals surface area (Å²) in [6.45, 7) is 3.79. The van der Waals surface area contributed by atoms with Gasteiger partial charge in [0.2, 0.25) is 0 Å². The van der Waals surface area contributed by atoms with E-state index in [1.54, 1.807) is 6.26 Å². The minimum Gasteiger partial charge on any atom is -0.492 e. The lowest BCUT2D eigenvalue weighted by Gasteiger charge is -2.18. The van der Waals surface area contributed by atoms with Crippen LogP contribution >= 0.6 is 0 Å². The standard InChI is InChI=1S/C16H21NO2/c1-2-10-17-14(12-16-9-6-11-18-16)13-19-15-7-4-3-5-8-15/h3-9,11,14,17H,2,10,12-13H2,1H3. The molecule has 0 bridgehead atoms. The molecule has 0 aliphatic heterocycles. The van der Waals surface area contributed by atoms with E-state index in [1.165, 1.54) is 0 Å². The largest absolute Gasteiger partial charge is 0.492 e. The molecule has 0 aliphatic rings. The van der Waals surface area contributed by atoms with E-state index < -0.39 is 0 Å². The van der Waals surface area contributed by atoms with Crippen molar-refractivity contribution in [1.29, 1.82) is 0 Å². The second-order valence-corrected chi connectivity index (χ2v) is 4.56. The van der Waals surface area contributed by atoms with Crippen molar-refractivity contribution in [2.24, 2.45) is 0 Å². The minimum atomic E-state index is 0.270. The van der Waals surface area contributed by atoms with Crippen LogP contribution in [-0.2, 0) is 6.42 Å². The highest BCUT2D eigenvalue weighted by Crippen LogP contribution is 2.10. The fourth-order valence-corrected chi connectivity index (χ4v) is 1.92. The Balaban J connectivity index is 1.86. The monoisotopic (exact) mass is 259 g/mol. The molecule has 3 heteroatoms. The summed E-state index contributed by atoms with van der Waals surface area (Å²) in [5.41, 5.74) is 0. The third kappa shape index (κ3) is 4.79. The van der Waals surface area contributed by atoms with Crippen LogP contribution in [0.4, 0.5) is 0 Å². The first-order chi connectivity index (χ1) is 9.38. The summed E-state index contributed by atoms with van der Waals surface area (Å²) in [4.78, 5) is 0. The average Bonchev–Trinajstić information content (AvgIpc) is 2.96. The van der Waals surface area contributed by atoms with E-state index in [4.69, 9.17) is 9.15 Å². The topological polar surface area (TPSA) is 34.4 Å². The lowest BCUT2D eigenvalue weighted by atomic mass is 10.2. The molecule has 102 valence electrons. The molecule has 2 aromatic rings. The molecule has 1 unspecified atom stereocenters. The zero-order valence-electron chi connectivity index (χ0n) is 11.3. The Hall–Kier alpha value is -1.74. The highest BCUT2D eigenvalue weighted by atomic mass is 16.5. The predicted octanol–water partition coefficient (Wildman–Crippen LogP) is 3.27. The summed E-state index contributed by atoms with van der Waals surface area (Å²) in [6.07, 6.45) is 3.67. The van der Waals surface area contributed by atoms with E-state index in [2.05, 4.69) is 12.2 Å². The van der Waals surface area contributed by atoms with E-state index in [1.807, 2.05) is 42.5 Å². The molecule has 1 N–H and O–H groups in total. The zero-order valence-corrected chi connectivity index (χ0v) is 11.3. The van der Waals surface area contributed by atoms with Crippen molar-refractivity contribution in [2.45, 2.75) is 25.8 Å². The van der Waals surface area contributed by atoms with Gasteiger partial charge in [0.25, 0.3) is 0 Å². The molecule has 0 saturated carbocycles. The van der Waals surface area contributed by atoms with Gasteiger partial charge in [-0.05, 0) is 37.2 Å². The zero-order chi connectivity index (χ0) is 13.3. The van der Waals surface area contributed by atoms with E-state index in [-0.39, 0.29) is 6.04 Å². The Labute approximate surface area is 114 Å². The molecule has 1 aromatic heterocycles. The van der Waals surface area contributed by atoms with Gasteiger partial charge in [0.15, 0.2) is 0 Å². The van der Waals surface area contributed by atoms with Crippen molar-refractivity contribution >= 4 is 0 Å². The lowest BCUT2D eigenvalue weighted by molar-refractivity contribution is 0.257. The summed E-state index contributed by atoms with van der Waals surface area (Å²) in [5.74, 6) is 1.90.